The lowest BCUT2D eigenvalue weighted by Gasteiger charge is -2.26. The number of nitrogens with one attached hydrogen (secondary N) is 2. The van der Waals surface area contributed by atoms with Gasteiger partial charge in [-0.2, -0.15) is 0 Å². The fourth-order valence-corrected chi connectivity index (χ4v) is 4.65. The molecule has 0 atom stereocenters. The number of aryl methyl sites for hydroxylation is 1. The van der Waals surface area contributed by atoms with Crippen molar-refractivity contribution in [1.82, 2.24) is 9.88 Å². The molecule has 178 valence electrons. The molecule has 3 aromatic carbocycles. The number of fused-ring (bicyclic) bond motifs is 1. The van der Waals surface area contributed by atoms with Crippen LogP contribution in [0, 0.1) is 6.92 Å². The van der Waals surface area contributed by atoms with Crippen LogP contribution in [-0.2, 0) is 11.3 Å². The summed E-state index contributed by atoms with van der Waals surface area (Å²) in [6, 6.07) is 21.4. The Hall–Kier alpha value is -3.45. The average molecular weight is 487 g/mol. The summed E-state index contributed by atoms with van der Waals surface area (Å²) in [5.74, 6) is 0. The van der Waals surface area contributed by atoms with Gasteiger partial charge in [0, 0.05) is 36.8 Å². The van der Waals surface area contributed by atoms with E-state index in [0.717, 1.165) is 71.7 Å². The van der Waals surface area contributed by atoms with Gasteiger partial charge in [-0.3, -0.25) is 9.88 Å². The highest BCUT2D eigenvalue weighted by Crippen LogP contribution is 2.33. The summed E-state index contributed by atoms with van der Waals surface area (Å²) in [4.78, 5) is 19.9. The van der Waals surface area contributed by atoms with Crippen molar-refractivity contribution < 1.29 is 9.53 Å². The minimum Gasteiger partial charge on any atom is -0.379 e. The van der Waals surface area contributed by atoms with Gasteiger partial charge < -0.3 is 15.4 Å². The molecule has 2 heterocycles. The van der Waals surface area contributed by atoms with Gasteiger partial charge in [-0.25, -0.2) is 4.79 Å². The highest BCUT2D eigenvalue weighted by Gasteiger charge is 2.14. The van der Waals surface area contributed by atoms with E-state index in [0.29, 0.717) is 10.7 Å². The first-order valence-electron chi connectivity index (χ1n) is 11.7. The molecule has 7 heteroatoms. The highest BCUT2D eigenvalue weighted by molar-refractivity contribution is 6.34. The van der Waals surface area contributed by atoms with E-state index < -0.39 is 0 Å². The molecule has 1 aliphatic heterocycles. The zero-order valence-corrected chi connectivity index (χ0v) is 20.3. The predicted octanol–water partition coefficient (Wildman–Crippen LogP) is 6.34. The van der Waals surface area contributed by atoms with E-state index in [9.17, 15) is 4.79 Å². The van der Waals surface area contributed by atoms with E-state index in [1.807, 2.05) is 55.6 Å². The van der Waals surface area contributed by atoms with Crippen molar-refractivity contribution >= 4 is 39.8 Å². The fourth-order valence-electron chi connectivity index (χ4n) is 4.38. The number of hydrogen-bond donors (Lipinski definition) is 2. The molecule has 0 aliphatic carbocycles. The molecule has 0 radical (unpaired) electrons. The van der Waals surface area contributed by atoms with Gasteiger partial charge in [-0.15, -0.1) is 0 Å². The third kappa shape index (κ3) is 5.30. The Labute approximate surface area is 209 Å². The molecule has 1 fully saturated rings. The number of hydrogen-bond acceptors (Lipinski definition) is 4. The number of pyridine rings is 1. The Bertz CT molecular complexity index is 1330. The number of carbonyl (C=O) groups is 1. The van der Waals surface area contributed by atoms with Crippen LogP contribution in [0.2, 0.25) is 5.02 Å². The van der Waals surface area contributed by atoms with Crippen molar-refractivity contribution in [1.29, 1.82) is 0 Å². The van der Waals surface area contributed by atoms with E-state index in [2.05, 4.69) is 33.7 Å². The Balaban J connectivity index is 1.37. The van der Waals surface area contributed by atoms with E-state index in [-0.39, 0.29) is 6.03 Å². The lowest BCUT2D eigenvalue weighted by Crippen LogP contribution is -2.35. The third-order valence-electron chi connectivity index (χ3n) is 6.26. The monoisotopic (exact) mass is 486 g/mol. The van der Waals surface area contributed by atoms with Crippen LogP contribution >= 0.6 is 11.6 Å². The minimum atomic E-state index is -0.340. The van der Waals surface area contributed by atoms with E-state index in [4.69, 9.17) is 21.3 Å². The summed E-state index contributed by atoms with van der Waals surface area (Å²) in [6.07, 6.45) is 1.93. The molecule has 0 unspecified atom stereocenters. The van der Waals surface area contributed by atoms with Gasteiger partial charge in [0.25, 0.3) is 0 Å². The quantitative estimate of drug-likeness (QED) is 0.345. The number of amides is 2. The van der Waals surface area contributed by atoms with Gasteiger partial charge >= 0.3 is 6.03 Å². The Morgan fingerprint density at radius 1 is 0.971 bits per heavy atom. The first kappa shape index (κ1) is 23.3. The number of aromatic nitrogens is 1. The molecular formula is C28H27ClN4O2. The molecule has 2 N–H and O–H groups in total. The summed E-state index contributed by atoms with van der Waals surface area (Å²) in [5.41, 5.74) is 5.38. The molecule has 0 bridgehead atoms. The molecule has 0 spiro atoms. The lowest BCUT2D eigenvalue weighted by atomic mass is 9.98. The number of nitrogens with zero attached hydrogens (tertiary/aromatic N) is 2. The highest BCUT2D eigenvalue weighted by atomic mass is 35.5. The zero-order chi connectivity index (χ0) is 24.2. The van der Waals surface area contributed by atoms with Crippen molar-refractivity contribution in [2.75, 3.05) is 36.9 Å². The van der Waals surface area contributed by atoms with Crippen molar-refractivity contribution in [3.8, 4) is 11.1 Å². The smallest absolute Gasteiger partial charge is 0.323 e. The Kier molecular flexibility index (Phi) is 6.95. The van der Waals surface area contributed by atoms with Crippen LogP contribution in [-0.4, -0.2) is 42.2 Å². The van der Waals surface area contributed by atoms with Crippen molar-refractivity contribution in [2.24, 2.45) is 0 Å². The van der Waals surface area contributed by atoms with Crippen LogP contribution in [0.15, 0.2) is 72.9 Å². The number of morpholine rings is 1. The molecule has 5 rings (SSSR count). The molecule has 6 nitrogen and oxygen atoms in total. The average Bonchev–Trinajstić information content (AvgIpc) is 2.88. The summed E-state index contributed by atoms with van der Waals surface area (Å²) < 4.78 is 5.43. The normalized spacial score (nSPS) is 14.1. The van der Waals surface area contributed by atoms with E-state index in [1.54, 1.807) is 6.07 Å². The second kappa shape index (κ2) is 10.4. The maximum atomic E-state index is 12.8. The topological polar surface area (TPSA) is 66.5 Å². The standard InChI is InChI=1S/C28H27ClN4O2/c1-19-5-4-8-25(29)27(19)32-28(34)31-26-12-11-22(23-6-2-3-7-24(23)26)20-9-10-21(30-17-20)18-33-13-15-35-16-14-33/h2-12,17H,13-16,18H2,1H3,(H2,31,32,34). The van der Waals surface area contributed by atoms with Gasteiger partial charge in [-0.1, -0.05) is 60.1 Å². The predicted molar refractivity (Wildman–Crippen MR) is 142 cm³/mol. The van der Waals surface area contributed by atoms with Crippen LogP contribution in [0.25, 0.3) is 21.9 Å². The number of anilines is 2. The largest absolute Gasteiger partial charge is 0.379 e. The van der Waals surface area contributed by atoms with Crippen LogP contribution < -0.4 is 10.6 Å². The van der Waals surface area contributed by atoms with Gasteiger partial charge in [0.2, 0.25) is 0 Å². The van der Waals surface area contributed by atoms with Crippen LogP contribution in [0.3, 0.4) is 0 Å². The number of halogens is 1. The molecule has 1 saturated heterocycles. The second-order valence-electron chi connectivity index (χ2n) is 8.64. The summed E-state index contributed by atoms with van der Waals surface area (Å²) in [7, 11) is 0. The maximum Gasteiger partial charge on any atom is 0.323 e. The van der Waals surface area contributed by atoms with Crippen molar-refractivity contribution in [3.63, 3.8) is 0 Å². The molecule has 0 saturated carbocycles. The van der Waals surface area contributed by atoms with E-state index >= 15 is 0 Å². The van der Waals surface area contributed by atoms with Gasteiger partial charge in [0.05, 0.1) is 35.3 Å². The summed E-state index contributed by atoms with van der Waals surface area (Å²) in [5, 5.41) is 8.36. The summed E-state index contributed by atoms with van der Waals surface area (Å²) >= 11 is 6.27. The third-order valence-corrected chi connectivity index (χ3v) is 6.57. The summed E-state index contributed by atoms with van der Waals surface area (Å²) in [6.45, 7) is 6.17. The van der Waals surface area contributed by atoms with Crippen LogP contribution in [0.5, 0.6) is 0 Å². The van der Waals surface area contributed by atoms with Crippen molar-refractivity contribution in [2.45, 2.75) is 13.5 Å². The van der Waals surface area contributed by atoms with Crippen LogP contribution in [0.1, 0.15) is 11.3 Å². The Morgan fingerprint density at radius 2 is 1.77 bits per heavy atom. The molecule has 2 amide bonds. The number of carbonyl (C=O) groups excluding carboxylic acids is 1. The number of ether oxygens (including phenoxy) is 1. The molecule has 1 aromatic heterocycles. The number of urea groups is 1. The minimum absolute atomic E-state index is 0.340. The molecule has 1 aliphatic rings. The number of rotatable bonds is 5. The van der Waals surface area contributed by atoms with Gasteiger partial charge in [0.15, 0.2) is 0 Å². The molecule has 35 heavy (non-hydrogen) atoms. The zero-order valence-electron chi connectivity index (χ0n) is 19.6. The first-order chi connectivity index (χ1) is 17.1. The van der Waals surface area contributed by atoms with Gasteiger partial charge in [-0.05, 0) is 41.6 Å². The number of para-hydroxylation sites is 1. The SMILES string of the molecule is Cc1cccc(Cl)c1NC(=O)Nc1ccc(-c2ccc(CN3CCOCC3)nc2)c2ccccc12. The van der Waals surface area contributed by atoms with Crippen molar-refractivity contribution in [3.05, 3.63) is 89.2 Å². The van der Waals surface area contributed by atoms with Crippen LogP contribution in [0.4, 0.5) is 16.2 Å². The molecular weight excluding hydrogens is 460 g/mol. The second-order valence-corrected chi connectivity index (χ2v) is 9.05. The molecule has 4 aromatic rings. The van der Waals surface area contributed by atoms with Gasteiger partial charge in [0.1, 0.15) is 0 Å². The maximum absolute atomic E-state index is 12.8. The lowest BCUT2D eigenvalue weighted by molar-refractivity contribution is 0.0336. The first-order valence-corrected chi connectivity index (χ1v) is 12.1. The fraction of sp³-hybridized carbons (Fsp3) is 0.214. The number of benzene rings is 3. The van der Waals surface area contributed by atoms with E-state index in [1.165, 1.54) is 0 Å². The Morgan fingerprint density at radius 3 is 2.51 bits per heavy atom.